The molecular weight excluding hydrogens is 258 g/mol. The molecule has 1 saturated heterocycles. The Labute approximate surface area is 129 Å². The minimum atomic E-state index is 0.860. The molecule has 1 unspecified atom stereocenters. The van der Waals surface area contributed by atoms with Gasteiger partial charge in [-0.25, -0.2) is 0 Å². The second kappa shape index (κ2) is 7.28. The zero-order valence-corrected chi connectivity index (χ0v) is 13.3. The first-order valence-corrected chi connectivity index (χ1v) is 8.53. The summed E-state index contributed by atoms with van der Waals surface area (Å²) < 4.78 is 0. The van der Waals surface area contributed by atoms with Crippen LogP contribution in [0.3, 0.4) is 0 Å². The van der Waals surface area contributed by atoms with Gasteiger partial charge in [-0.05, 0) is 63.4 Å². The normalized spacial score (nSPS) is 22.6. The van der Waals surface area contributed by atoms with Crippen molar-refractivity contribution in [2.24, 2.45) is 5.92 Å². The van der Waals surface area contributed by atoms with Crippen LogP contribution in [0.1, 0.15) is 25.7 Å². The van der Waals surface area contributed by atoms with Crippen molar-refractivity contribution in [3.05, 3.63) is 30.3 Å². The molecule has 1 heterocycles. The van der Waals surface area contributed by atoms with Gasteiger partial charge in [0.25, 0.3) is 0 Å². The number of likely N-dealkylation sites (tertiary alicyclic amines) is 1. The summed E-state index contributed by atoms with van der Waals surface area (Å²) >= 11 is 0. The second-order valence-electron chi connectivity index (χ2n) is 6.75. The summed E-state index contributed by atoms with van der Waals surface area (Å²) in [4.78, 5) is 5.01. The van der Waals surface area contributed by atoms with E-state index in [-0.39, 0.29) is 0 Å². The van der Waals surface area contributed by atoms with Gasteiger partial charge in [0.1, 0.15) is 0 Å². The van der Waals surface area contributed by atoms with Crippen molar-refractivity contribution in [2.75, 3.05) is 44.7 Å². The van der Waals surface area contributed by atoms with Crippen LogP contribution in [-0.4, -0.2) is 50.7 Å². The van der Waals surface area contributed by atoms with E-state index in [1.165, 1.54) is 57.5 Å². The number of hydrogen-bond donors (Lipinski definition) is 1. The molecule has 0 amide bonds. The van der Waals surface area contributed by atoms with Crippen LogP contribution in [0.2, 0.25) is 0 Å². The van der Waals surface area contributed by atoms with E-state index in [1.807, 2.05) is 0 Å². The Morgan fingerprint density at radius 2 is 2.00 bits per heavy atom. The summed E-state index contributed by atoms with van der Waals surface area (Å²) in [6.45, 7) is 6.23. The number of rotatable bonds is 8. The molecule has 3 rings (SSSR count). The van der Waals surface area contributed by atoms with E-state index in [2.05, 4.69) is 52.5 Å². The topological polar surface area (TPSA) is 18.5 Å². The molecule has 1 aromatic rings. The largest absolute Gasteiger partial charge is 0.375 e. The van der Waals surface area contributed by atoms with Gasteiger partial charge in [-0.1, -0.05) is 18.2 Å². The molecule has 2 aliphatic rings. The summed E-state index contributed by atoms with van der Waals surface area (Å²) in [6.07, 6.45) is 5.45. The van der Waals surface area contributed by atoms with Crippen molar-refractivity contribution < 1.29 is 0 Å². The van der Waals surface area contributed by atoms with Crippen molar-refractivity contribution in [1.29, 1.82) is 0 Å². The lowest BCUT2D eigenvalue weighted by molar-refractivity contribution is 0.318. The summed E-state index contributed by atoms with van der Waals surface area (Å²) in [5, 5.41) is 3.68. The van der Waals surface area contributed by atoms with E-state index in [0.29, 0.717) is 0 Å². The van der Waals surface area contributed by atoms with Crippen molar-refractivity contribution in [3.8, 4) is 0 Å². The molecule has 0 bridgehead atoms. The fourth-order valence-corrected chi connectivity index (χ4v) is 3.25. The maximum atomic E-state index is 3.68. The van der Waals surface area contributed by atoms with E-state index >= 15 is 0 Å². The number of nitrogens with zero attached hydrogens (tertiary/aromatic N) is 2. The van der Waals surface area contributed by atoms with Gasteiger partial charge in [-0.2, -0.15) is 0 Å². The molecule has 21 heavy (non-hydrogen) atoms. The Morgan fingerprint density at radius 1 is 1.19 bits per heavy atom. The molecular formula is C18H29N3. The van der Waals surface area contributed by atoms with Gasteiger partial charge in [0.2, 0.25) is 0 Å². The highest BCUT2D eigenvalue weighted by Gasteiger charge is 2.25. The van der Waals surface area contributed by atoms with E-state index in [1.54, 1.807) is 0 Å². The third-order valence-corrected chi connectivity index (χ3v) is 4.81. The molecule has 1 N–H and O–H groups in total. The van der Waals surface area contributed by atoms with Gasteiger partial charge in [0, 0.05) is 31.9 Å². The zero-order valence-electron chi connectivity index (χ0n) is 13.3. The van der Waals surface area contributed by atoms with Crippen LogP contribution in [0.15, 0.2) is 30.3 Å². The Balaban J connectivity index is 1.30. The van der Waals surface area contributed by atoms with Gasteiger partial charge in [-0.15, -0.1) is 0 Å². The number of para-hydroxylation sites is 1. The Hall–Kier alpha value is -1.06. The van der Waals surface area contributed by atoms with E-state index in [4.69, 9.17) is 0 Å². The highest BCUT2D eigenvalue weighted by molar-refractivity contribution is 5.44. The quantitative estimate of drug-likeness (QED) is 0.793. The second-order valence-corrected chi connectivity index (χ2v) is 6.75. The molecule has 1 aliphatic carbocycles. The van der Waals surface area contributed by atoms with Crippen LogP contribution in [0.25, 0.3) is 0 Å². The molecule has 0 radical (unpaired) electrons. The lowest BCUT2D eigenvalue weighted by atomic mass is 10.1. The predicted octanol–water partition coefficient (Wildman–Crippen LogP) is 2.59. The predicted molar refractivity (Wildman–Crippen MR) is 89.9 cm³/mol. The SMILES string of the molecule is CN(CCCN1CCC(CNC2CC2)C1)c1ccccc1. The maximum absolute atomic E-state index is 3.68. The van der Waals surface area contributed by atoms with Gasteiger partial charge in [-0.3, -0.25) is 0 Å². The molecule has 2 fully saturated rings. The highest BCUT2D eigenvalue weighted by Crippen LogP contribution is 2.21. The Bertz CT molecular complexity index is 416. The van der Waals surface area contributed by atoms with Crippen LogP contribution in [0.4, 0.5) is 5.69 Å². The molecule has 1 saturated carbocycles. The molecule has 116 valence electrons. The summed E-state index contributed by atoms with van der Waals surface area (Å²) in [6, 6.07) is 11.6. The summed E-state index contributed by atoms with van der Waals surface area (Å²) in [7, 11) is 2.20. The number of hydrogen-bond acceptors (Lipinski definition) is 3. The average Bonchev–Trinajstić information content (AvgIpc) is 3.25. The van der Waals surface area contributed by atoms with E-state index in [0.717, 1.165) is 18.5 Å². The maximum Gasteiger partial charge on any atom is 0.0363 e. The van der Waals surface area contributed by atoms with Gasteiger partial charge >= 0.3 is 0 Å². The first kappa shape index (κ1) is 14.9. The van der Waals surface area contributed by atoms with E-state index in [9.17, 15) is 0 Å². The zero-order chi connectivity index (χ0) is 14.5. The molecule has 1 aliphatic heterocycles. The smallest absolute Gasteiger partial charge is 0.0363 e. The molecule has 1 aromatic carbocycles. The monoisotopic (exact) mass is 287 g/mol. The van der Waals surface area contributed by atoms with Gasteiger partial charge in [0.05, 0.1) is 0 Å². The van der Waals surface area contributed by atoms with Gasteiger partial charge < -0.3 is 15.1 Å². The van der Waals surface area contributed by atoms with Crippen molar-refractivity contribution in [2.45, 2.75) is 31.7 Å². The number of benzene rings is 1. The number of anilines is 1. The summed E-state index contributed by atoms with van der Waals surface area (Å²) in [5.41, 5.74) is 1.32. The first-order valence-electron chi connectivity index (χ1n) is 8.53. The molecule has 3 nitrogen and oxygen atoms in total. The third kappa shape index (κ3) is 4.72. The van der Waals surface area contributed by atoms with Crippen LogP contribution >= 0.6 is 0 Å². The minimum Gasteiger partial charge on any atom is -0.375 e. The molecule has 0 aromatic heterocycles. The Kier molecular flexibility index (Phi) is 5.15. The molecule has 0 spiro atoms. The van der Waals surface area contributed by atoms with Crippen molar-refractivity contribution in [3.63, 3.8) is 0 Å². The lowest BCUT2D eigenvalue weighted by Crippen LogP contribution is -2.29. The van der Waals surface area contributed by atoms with Gasteiger partial charge in [0.15, 0.2) is 0 Å². The van der Waals surface area contributed by atoms with Crippen molar-refractivity contribution >= 4 is 5.69 Å². The fraction of sp³-hybridized carbons (Fsp3) is 0.667. The van der Waals surface area contributed by atoms with Crippen LogP contribution in [0.5, 0.6) is 0 Å². The first-order chi connectivity index (χ1) is 10.3. The Morgan fingerprint density at radius 3 is 2.76 bits per heavy atom. The average molecular weight is 287 g/mol. The van der Waals surface area contributed by atoms with E-state index < -0.39 is 0 Å². The molecule has 1 atom stereocenters. The minimum absolute atomic E-state index is 0.860. The highest BCUT2D eigenvalue weighted by atomic mass is 15.2. The summed E-state index contributed by atoms with van der Waals surface area (Å²) in [5.74, 6) is 0.887. The third-order valence-electron chi connectivity index (χ3n) is 4.81. The standard InChI is InChI=1S/C18H29N3/c1-20(18-6-3-2-4-7-18)11-5-12-21-13-10-16(15-21)14-19-17-8-9-17/h2-4,6-7,16-17,19H,5,8-15H2,1H3. The number of nitrogens with one attached hydrogen (secondary N) is 1. The fourth-order valence-electron chi connectivity index (χ4n) is 3.25. The van der Waals surface area contributed by atoms with Crippen LogP contribution in [-0.2, 0) is 0 Å². The lowest BCUT2D eigenvalue weighted by Gasteiger charge is -2.21. The molecule has 3 heteroatoms. The van der Waals surface area contributed by atoms with Crippen LogP contribution < -0.4 is 10.2 Å². The van der Waals surface area contributed by atoms with Crippen LogP contribution in [0, 0.1) is 5.92 Å². The van der Waals surface area contributed by atoms with Crippen molar-refractivity contribution in [1.82, 2.24) is 10.2 Å².